The molecule has 0 saturated carbocycles. The molecule has 17 heavy (non-hydrogen) atoms. The molecule has 0 saturated heterocycles. The number of hydrogen-bond acceptors (Lipinski definition) is 4. The van der Waals surface area contributed by atoms with Gasteiger partial charge in [-0.1, -0.05) is 11.8 Å². The Labute approximate surface area is 104 Å². The molecule has 2 rings (SSSR count). The van der Waals surface area contributed by atoms with Crippen LogP contribution >= 0.6 is 11.8 Å². The first-order chi connectivity index (χ1) is 8.00. The van der Waals surface area contributed by atoms with Crippen LogP contribution in [0.15, 0.2) is 23.2 Å². The molecule has 1 aromatic rings. The maximum atomic E-state index is 13.5. The molecule has 1 aliphatic rings. The van der Waals surface area contributed by atoms with Gasteiger partial charge in [-0.15, -0.1) is 0 Å². The fourth-order valence-electron chi connectivity index (χ4n) is 1.52. The van der Waals surface area contributed by atoms with Gasteiger partial charge in [0.05, 0.1) is 12.6 Å². The van der Waals surface area contributed by atoms with E-state index in [1.54, 1.807) is 23.9 Å². The van der Waals surface area contributed by atoms with Crippen molar-refractivity contribution >= 4 is 22.6 Å². The van der Waals surface area contributed by atoms with Crippen LogP contribution in [-0.4, -0.2) is 23.6 Å². The lowest BCUT2D eigenvalue weighted by Crippen LogP contribution is -2.15. The van der Waals surface area contributed by atoms with Gasteiger partial charge in [0.25, 0.3) is 0 Å². The molecule has 0 amide bonds. The highest BCUT2D eigenvalue weighted by Crippen LogP contribution is 2.28. The van der Waals surface area contributed by atoms with Crippen molar-refractivity contribution in [1.82, 2.24) is 0 Å². The zero-order valence-corrected chi connectivity index (χ0v) is 10.9. The summed E-state index contributed by atoms with van der Waals surface area (Å²) in [6.45, 7) is 4.15. The molecular formula is C12H15FN2OS. The first-order valence-electron chi connectivity index (χ1n) is 5.33. The summed E-state index contributed by atoms with van der Waals surface area (Å²) >= 11 is 1.65. The number of anilines is 1. The number of methoxy groups -OCH3 is 1. The first-order valence-corrected chi connectivity index (χ1v) is 6.32. The van der Waals surface area contributed by atoms with E-state index in [-0.39, 0.29) is 17.1 Å². The normalized spacial score (nSPS) is 17.8. The molecule has 0 unspecified atom stereocenters. The Morgan fingerprint density at radius 1 is 1.47 bits per heavy atom. The summed E-state index contributed by atoms with van der Waals surface area (Å²) in [4.78, 5) is 4.50. The molecule has 1 aliphatic heterocycles. The third-order valence-electron chi connectivity index (χ3n) is 2.37. The number of ether oxygens (including phenoxy) is 1. The van der Waals surface area contributed by atoms with Crippen LogP contribution in [0.4, 0.5) is 10.1 Å². The number of amidine groups is 1. The zero-order valence-electron chi connectivity index (χ0n) is 10.1. The third kappa shape index (κ3) is 2.91. The zero-order chi connectivity index (χ0) is 12.5. The Kier molecular flexibility index (Phi) is 3.28. The Morgan fingerprint density at radius 2 is 2.24 bits per heavy atom. The largest absolute Gasteiger partial charge is 0.494 e. The highest BCUT2D eigenvalue weighted by Gasteiger charge is 2.25. The Balaban J connectivity index is 2.12. The molecule has 0 atom stereocenters. The molecule has 0 bridgehead atoms. The maximum absolute atomic E-state index is 13.5. The first kappa shape index (κ1) is 12.2. The average molecular weight is 254 g/mol. The van der Waals surface area contributed by atoms with Gasteiger partial charge >= 0.3 is 0 Å². The van der Waals surface area contributed by atoms with E-state index in [0.717, 1.165) is 10.9 Å². The molecule has 1 N–H and O–H groups in total. The van der Waals surface area contributed by atoms with Crippen molar-refractivity contribution in [1.29, 1.82) is 0 Å². The third-order valence-corrected chi connectivity index (χ3v) is 3.69. The number of benzene rings is 1. The number of thioether (sulfide) groups is 1. The highest BCUT2D eigenvalue weighted by molar-refractivity contribution is 8.14. The van der Waals surface area contributed by atoms with Crippen molar-refractivity contribution in [2.75, 3.05) is 18.2 Å². The van der Waals surface area contributed by atoms with Gasteiger partial charge in [0, 0.05) is 17.5 Å². The smallest absolute Gasteiger partial charge is 0.167 e. The molecule has 0 aromatic heterocycles. The van der Waals surface area contributed by atoms with E-state index in [1.807, 2.05) is 0 Å². The molecule has 92 valence electrons. The summed E-state index contributed by atoms with van der Waals surface area (Å²) < 4.78 is 18.3. The van der Waals surface area contributed by atoms with E-state index in [2.05, 4.69) is 24.2 Å². The Bertz CT molecular complexity index is 460. The Hall–Kier alpha value is -1.23. The van der Waals surface area contributed by atoms with E-state index in [9.17, 15) is 4.39 Å². The van der Waals surface area contributed by atoms with Crippen LogP contribution in [-0.2, 0) is 0 Å². The number of nitrogens with zero attached hydrogens (tertiary/aromatic N) is 1. The lowest BCUT2D eigenvalue weighted by molar-refractivity contribution is 0.387. The van der Waals surface area contributed by atoms with Gasteiger partial charge in [0.2, 0.25) is 0 Å². The highest BCUT2D eigenvalue weighted by atomic mass is 32.2. The molecule has 1 heterocycles. The number of hydrogen-bond donors (Lipinski definition) is 1. The number of rotatable bonds is 2. The molecule has 5 heteroatoms. The fraction of sp³-hybridized carbons (Fsp3) is 0.417. The van der Waals surface area contributed by atoms with Crippen molar-refractivity contribution in [3.63, 3.8) is 0 Å². The molecule has 0 aliphatic carbocycles. The van der Waals surface area contributed by atoms with Gasteiger partial charge in [-0.3, -0.25) is 4.99 Å². The van der Waals surface area contributed by atoms with Gasteiger partial charge in [0.1, 0.15) is 0 Å². The quantitative estimate of drug-likeness (QED) is 0.880. The standard InChI is InChI=1S/C12H15FN2OS/c1-12(2)7-17-11(15-12)14-8-4-5-10(16-3)9(13)6-8/h4-6H,7H2,1-3H3,(H,14,15). The van der Waals surface area contributed by atoms with E-state index < -0.39 is 0 Å². The monoisotopic (exact) mass is 254 g/mol. The van der Waals surface area contributed by atoms with Crippen molar-refractivity contribution in [2.45, 2.75) is 19.4 Å². The number of nitrogens with one attached hydrogen (secondary N) is 1. The van der Waals surface area contributed by atoms with Crippen molar-refractivity contribution in [3.05, 3.63) is 24.0 Å². The number of halogens is 1. The fourth-order valence-corrected chi connectivity index (χ4v) is 2.57. The molecular weight excluding hydrogens is 239 g/mol. The minimum absolute atomic E-state index is 0.0436. The summed E-state index contributed by atoms with van der Waals surface area (Å²) in [6.07, 6.45) is 0. The van der Waals surface area contributed by atoms with Crippen LogP contribution in [0.3, 0.4) is 0 Å². The summed E-state index contributed by atoms with van der Waals surface area (Å²) in [5.41, 5.74) is 0.644. The van der Waals surface area contributed by atoms with E-state index in [0.29, 0.717) is 5.69 Å². The SMILES string of the molecule is COc1ccc(NC2=NC(C)(C)CS2)cc1F. The molecule has 0 spiro atoms. The lowest BCUT2D eigenvalue weighted by Gasteiger charge is -2.09. The molecule has 3 nitrogen and oxygen atoms in total. The van der Waals surface area contributed by atoms with Gasteiger partial charge in [-0.25, -0.2) is 4.39 Å². The predicted molar refractivity (Wildman–Crippen MR) is 70.5 cm³/mol. The van der Waals surface area contributed by atoms with Gasteiger partial charge in [0.15, 0.2) is 16.7 Å². The van der Waals surface area contributed by atoms with Crippen molar-refractivity contribution in [3.8, 4) is 5.75 Å². The van der Waals surface area contributed by atoms with E-state index in [4.69, 9.17) is 4.74 Å². The van der Waals surface area contributed by atoms with Gasteiger partial charge < -0.3 is 10.1 Å². The summed E-state index contributed by atoms with van der Waals surface area (Å²) in [7, 11) is 1.45. The number of aliphatic imine (C=N–C) groups is 1. The molecule has 0 fully saturated rings. The van der Waals surface area contributed by atoms with E-state index in [1.165, 1.54) is 13.2 Å². The summed E-state index contributed by atoms with van der Waals surface area (Å²) in [5, 5.41) is 3.94. The second kappa shape index (κ2) is 4.56. The van der Waals surface area contributed by atoms with Crippen LogP contribution in [0.5, 0.6) is 5.75 Å². The van der Waals surface area contributed by atoms with Gasteiger partial charge in [-0.05, 0) is 26.0 Å². The average Bonchev–Trinajstić information content (AvgIpc) is 2.58. The van der Waals surface area contributed by atoms with Crippen LogP contribution in [0, 0.1) is 5.82 Å². The van der Waals surface area contributed by atoms with Crippen molar-refractivity contribution < 1.29 is 9.13 Å². The van der Waals surface area contributed by atoms with Crippen LogP contribution < -0.4 is 10.1 Å². The predicted octanol–water partition coefficient (Wildman–Crippen LogP) is 3.13. The van der Waals surface area contributed by atoms with E-state index >= 15 is 0 Å². The van der Waals surface area contributed by atoms with Crippen LogP contribution in [0.2, 0.25) is 0 Å². The topological polar surface area (TPSA) is 33.6 Å². The Morgan fingerprint density at radius 3 is 2.76 bits per heavy atom. The lowest BCUT2D eigenvalue weighted by atomic mass is 10.1. The van der Waals surface area contributed by atoms with Crippen molar-refractivity contribution in [2.24, 2.45) is 4.99 Å². The van der Waals surface area contributed by atoms with Gasteiger partial charge in [-0.2, -0.15) is 0 Å². The summed E-state index contributed by atoms with van der Waals surface area (Å²) in [5.74, 6) is 0.811. The second-order valence-corrected chi connectivity index (χ2v) is 5.46. The maximum Gasteiger partial charge on any atom is 0.167 e. The minimum atomic E-state index is -0.375. The van der Waals surface area contributed by atoms with Crippen LogP contribution in [0.1, 0.15) is 13.8 Å². The van der Waals surface area contributed by atoms with Crippen LogP contribution in [0.25, 0.3) is 0 Å². The minimum Gasteiger partial charge on any atom is -0.494 e. The summed E-state index contributed by atoms with van der Waals surface area (Å²) in [6, 6.07) is 4.78. The molecule has 1 aromatic carbocycles. The molecule has 0 radical (unpaired) electrons. The second-order valence-electron chi connectivity index (χ2n) is 4.49.